The van der Waals surface area contributed by atoms with E-state index in [4.69, 9.17) is 4.74 Å². The zero-order valence-corrected chi connectivity index (χ0v) is 14.5. The Bertz CT molecular complexity index is 573. The van der Waals surface area contributed by atoms with E-state index in [0.29, 0.717) is 6.54 Å². The van der Waals surface area contributed by atoms with Crippen LogP contribution >= 0.6 is 0 Å². The van der Waals surface area contributed by atoms with Gasteiger partial charge in [0.25, 0.3) is 0 Å². The van der Waals surface area contributed by atoms with Gasteiger partial charge in [0.2, 0.25) is 11.8 Å². The number of rotatable bonds is 7. The Balaban J connectivity index is 2.01. The third-order valence-corrected chi connectivity index (χ3v) is 4.74. The van der Waals surface area contributed by atoms with Crippen LogP contribution in [0.25, 0.3) is 0 Å². The second-order valence-corrected chi connectivity index (χ2v) is 6.29. The number of anilines is 1. The minimum absolute atomic E-state index is 0.0654. The summed E-state index contributed by atoms with van der Waals surface area (Å²) in [5.74, 6) is 0.286. The number of carbonyl (C=O) groups is 2. The van der Waals surface area contributed by atoms with E-state index in [1.54, 1.807) is 24.1 Å². The highest BCUT2D eigenvalue weighted by Gasteiger charge is 2.36. The molecule has 2 rings (SSSR count). The molecule has 6 heteroatoms. The number of carbonyl (C=O) groups excluding carboxylic acids is 2. The summed E-state index contributed by atoms with van der Waals surface area (Å²) < 4.78 is 5.12. The molecule has 0 bridgehead atoms. The number of aliphatic hydroxyl groups is 1. The van der Waals surface area contributed by atoms with Crippen molar-refractivity contribution >= 4 is 17.5 Å². The first-order chi connectivity index (χ1) is 11.5. The number of methoxy groups -OCH3 is 1. The molecule has 0 aliphatic carbocycles. The van der Waals surface area contributed by atoms with Crippen molar-refractivity contribution in [3.63, 3.8) is 0 Å². The van der Waals surface area contributed by atoms with Gasteiger partial charge in [-0.2, -0.15) is 0 Å². The molecule has 0 spiro atoms. The van der Waals surface area contributed by atoms with Crippen molar-refractivity contribution in [2.75, 3.05) is 25.2 Å². The highest BCUT2D eigenvalue weighted by atomic mass is 16.5. The minimum atomic E-state index is -0.391. The van der Waals surface area contributed by atoms with Gasteiger partial charge in [-0.15, -0.1) is 0 Å². The van der Waals surface area contributed by atoms with Crippen molar-refractivity contribution in [2.24, 2.45) is 11.8 Å². The number of nitrogens with one attached hydrogen (secondary N) is 1. The van der Waals surface area contributed by atoms with Crippen molar-refractivity contribution in [1.29, 1.82) is 0 Å². The molecule has 1 aliphatic rings. The quantitative estimate of drug-likeness (QED) is 0.793. The van der Waals surface area contributed by atoms with E-state index in [9.17, 15) is 14.7 Å². The summed E-state index contributed by atoms with van der Waals surface area (Å²) in [5.41, 5.74) is 0.761. The molecular weight excluding hydrogens is 308 g/mol. The fraction of sp³-hybridized carbons (Fsp3) is 0.556. The molecule has 0 unspecified atom stereocenters. The number of benzene rings is 1. The predicted octanol–water partition coefficient (Wildman–Crippen LogP) is 1.57. The van der Waals surface area contributed by atoms with Crippen LogP contribution in [-0.2, 0) is 9.59 Å². The molecule has 2 N–H and O–H groups in total. The first kappa shape index (κ1) is 18.3. The number of hydrogen-bond donors (Lipinski definition) is 2. The number of ether oxygens (including phenoxy) is 1. The van der Waals surface area contributed by atoms with E-state index in [0.717, 1.165) is 17.9 Å². The predicted molar refractivity (Wildman–Crippen MR) is 91.9 cm³/mol. The fourth-order valence-electron chi connectivity index (χ4n) is 2.85. The lowest BCUT2D eigenvalue weighted by atomic mass is 9.98. The molecule has 1 aromatic rings. The van der Waals surface area contributed by atoms with E-state index < -0.39 is 5.92 Å². The largest absolute Gasteiger partial charge is 0.497 e. The van der Waals surface area contributed by atoms with Gasteiger partial charge in [-0.25, -0.2) is 0 Å². The molecule has 1 aliphatic heterocycles. The Morgan fingerprint density at radius 1 is 1.42 bits per heavy atom. The molecule has 3 atom stereocenters. The molecule has 6 nitrogen and oxygen atoms in total. The highest BCUT2D eigenvalue weighted by Crippen LogP contribution is 2.27. The van der Waals surface area contributed by atoms with Gasteiger partial charge in [-0.3, -0.25) is 9.59 Å². The van der Waals surface area contributed by atoms with Crippen LogP contribution in [0.5, 0.6) is 5.75 Å². The van der Waals surface area contributed by atoms with Crippen LogP contribution in [-0.4, -0.2) is 43.2 Å². The number of aliphatic hydroxyl groups excluding tert-OH is 1. The monoisotopic (exact) mass is 334 g/mol. The first-order valence-electron chi connectivity index (χ1n) is 8.35. The second kappa shape index (κ2) is 8.15. The van der Waals surface area contributed by atoms with Crippen LogP contribution in [0.4, 0.5) is 5.69 Å². The molecule has 1 fully saturated rings. The smallest absolute Gasteiger partial charge is 0.227 e. The molecule has 2 amide bonds. The van der Waals surface area contributed by atoms with Crippen molar-refractivity contribution in [3.05, 3.63) is 24.3 Å². The summed E-state index contributed by atoms with van der Waals surface area (Å²) >= 11 is 0. The number of hydrogen-bond acceptors (Lipinski definition) is 4. The van der Waals surface area contributed by atoms with Gasteiger partial charge in [0, 0.05) is 18.7 Å². The lowest BCUT2D eigenvalue weighted by molar-refractivity contribution is -0.127. The average Bonchev–Trinajstić information content (AvgIpc) is 3.00. The van der Waals surface area contributed by atoms with Gasteiger partial charge < -0.3 is 20.1 Å². The maximum atomic E-state index is 12.4. The Morgan fingerprint density at radius 2 is 2.08 bits per heavy atom. The standard InChI is InChI=1S/C18H26N2O4/c1-4-12(2)16(11-21)19-18(23)13-9-17(22)20(10-13)14-5-7-15(24-3)8-6-14/h5-8,12-13,16,21H,4,9-11H2,1-3H3,(H,19,23)/t12-,13+,16-/m1/s1. The van der Waals surface area contributed by atoms with E-state index in [1.165, 1.54) is 0 Å². The fourth-order valence-corrected chi connectivity index (χ4v) is 2.85. The van der Waals surface area contributed by atoms with E-state index in [1.807, 2.05) is 26.0 Å². The molecule has 0 saturated carbocycles. The summed E-state index contributed by atoms with van der Waals surface area (Å²) in [6.07, 6.45) is 1.06. The normalized spacial score (nSPS) is 19.9. The van der Waals surface area contributed by atoms with Gasteiger partial charge in [0.05, 0.1) is 25.7 Å². The third kappa shape index (κ3) is 4.06. The molecule has 1 heterocycles. The van der Waals surface area contributed by atoms with Crippen molar-refractivity contribution in [3.8, 4) is 5.75 Å². The molecule has 1 saturated heterocycles. The molecule has 132 valence electrons. The van der Waals surface area contributed by atoms with Gasteiger partial charge in [0.15, 0.2) is 0 Å². The molecular formula is C18H26N2O4. The van der Waals surface area contributed by atoms with Crippen molar-refractivity contribution < 1.29 is 19.4 Å². The molecule has 24 heavy (non-hydrogen) atoms. The number of nitrogens with zero attached hydrogens (tertiary/aromatic N) is 1. The van der Waals surface area contributed by atoms with E-state index in [-0.39, 0.29) is 36.8 Å². The van der Waals surface area contributed by atoms with Crippen LogP contribution in [0.15, 0.2) is 24.3 Å². The van der Waals surface area contributed by atoms with E-state index >= 15 is 0 Å². The minimum Gasteiger partial charge on any atom is -0.497 e. The van der Waals surface area contributed by atoms with Crippen molar-refractivity contribution in [2.45, 2.75) is 32.7 Å². The first-order valence-corrected chi connectivity index (χ1v) is 8.35. The summed E-state index contributed by atoms with van der Waals surface area (Å²) in [6.45, 7) is 4.27. The van der Waals surface area contributed by atoms with Gasteiger partial charge in [0.1, 0.15) is 5.75 Å². The topological polar surface area (TPSA) is 78.9 Å². The van der Waals surface area contributed by atoms with Crippen LogP contribution in [0, 0.1) is 11.8 Å². The Morgan fingerprint density at radius 3 is 2.62 bits per heavy atom. The summed E-state index contributed by atoms with van der Waals surface area (Å²) in [6, 6.07) is 6.94. The van der Waals surface area contributed by atoms with E-state index in [2.05, 4.69) is 5.32 Å². The molecule has 1 aromatic carbocycles. The van der Waals surface area contributed by atoms with Crippen molar-refractivity contribution in [1.82, 2.24) is 5.32 Å². The summed E-state index contributed by atoms with van der Waals surface area (Å²) in [4.78, 5) is 26.3. The SMILES string of the molecule is CC[C@@H](C)[C@@H](CO)NC(=O)[C@H]1CC(=O)N(c2ccc(OC)cc2)C1. The van der Waals surface area contributed by atoms with Crippen LogP contribution < -0.4 is 15.0 Å². The zero-order valence-electron chi connectivity index (χ0n) is 14.5. The Hall–Kier alpha value is -2.08. The maximum absolute atomic E-state index is 12.4. The van der Waals surface area contributed by atoms with Crippen LogP contribution in [0.1, 0.15) is 26.7 Å². The lowest BCUT2D eigenvalue weighted by Gasteiger charge is -2.24. The zero-order chi connectivity index (χ0) is 17.7. The Labute approximate surface area is 142 Å². The number of amides is 2. The summed E-state index contributed by atoms with van der Waals surface area (Å²) in [5, 5.41) is 12.3. The molecule has 0 radical (unpaired) electrons. The summed E-state index contributed by atoms with van der Waals surface area (Å²) in [7, 11) is 1.59. The second-order valence-electron chi connectivity index (χ2n) is 6.29. The van der Waals surface area contributed by atoms with Gasteiger partial charge in [-0.1, -0.05) is 20.3 Å². The van der Waals surface area contributed by atoms with Gasteiger partial charge >= 0.3 is 0 Å². The van der Waals surface area contributed by atoms with Crippen LogP contribution in [0.2, 0.25) is 0 Å². The average molecular weight is 334 g/mol. The lowest BCUT2D eigenvalue weighted by Crippen LogP contribution is -2.45. The van der Waals surface area contributed by atoms with Crippen LogP contribution in [0.3, 0.4) is 0 Å². The maximum Gasteiger partial charge on any atom is 0.227 e. The third-order valence-electron chi connectivity index (χ3n) is 4.74. The Kier molecular flexibility index (Phi) is 6.20. The molecule has 0 aromatic heterocycles. The highest BCUT2D eigenvalue weighted by molar-refractivity contribution is 6.00. The van der Waals surface area contributed by atoms with Gasteiger partial charge in [-0.05, 0) is 30.2 Å².